The summed E-state index contributed by atoms with van der Waals surface area (Å²) in [7, 11) is 0. The molecule has 3 saturated heterocycles. The lowest BCUT2D eigenvalue weighted by Crippen LogP contribution is -2.40. The number of anilines is 3. The van der Waals surface area contributed by atoms with Crippen LogP contribution >= 0.6 is 0 Å². The number of morpholine rings is 1. The summed E-state index contributed by atoms with van der Waals surface area (Å²) in [5.74, 6) is 0.327. The number of benzene rings is 2. The third kappa shape index (κ3) is 4.82. The maximum Gasteiger partial charge on any atom is 0.321 e. The summed E-state index contributed by atoms with van der Waals surface area (Å²) in [4.78, 5) is 28.8. The fourth-order valence-electron chi connectivity index (χ4n) is 5.70. The Kier molecular flexibility index (Phi) is 6.59. The smallest absolute Gasteiger partial charge is 0.321 e. The lowest BCUT2D eigenvalue weighted by Gasteiger charge is -2.32. The molecular weight excluding hydrogens is 452 g/mol. The number of amides is 2. The van der Waals surface area contributed by atoms with Crippen molar-refractivity contribution in [3.05, 3.63) is 54.5 Å². The normalized spacial score (nSPS) is 19.2. The summed E-state index contributed by atoms with van der Waals surface area (Å²) in [5.41, 5.74) is 5.37. The van der Waals surface area contributed by atoms with Gasteiger partial charge in [-0.3, -0.25) is 0 Å². The molecule has 3 aromatic rings. The van der Waals surface area contributed by atoms with Crippen LogP contribution in [0.25, 0.3) is 10.9 Å². The first kappa shape index (κ1) is 23.0. The van der Waals surface area contributed by atoms with Gasteiger partial charge in [0.1, 0.15) is 6.33 Å². The number of piperidine rings is 1. The molecule has 8 nitrogen and oxygen atoms in total. The van der Waals surface area contributed by atoms with Crippen LogP contribution < -0.4 is 15.1 Å². The Morgan fingerprint density at radius 1 is 0.833 bits per heavy atom. The minimum absolute atomic E-state index is 0.0231. The molecule has 36 heavy (non-hydrogen) atoms. The molecule has 0 atom stereocenters. The van der Waals surface area contributed by atoms with Crippen LogP contribution in [0.4, 0.5) is 21.9 Å². The predicted molar refractivity (Wildman–Crippen MR) is 143 cm³/mol. The topological polar surface area (TPSA) is 73.8 Å². The highest BCUT2D eigenvalue weighted by Crippen LogP contribution is 2.33. The van der Waals surface area contributed by atoms with Gasteiger partial charge in [0.2, 0.25) is 0 Å². The molecule has 0 spiro atoms. The van der Waals surface area contributed by atoms with Gasteiger partial charge in [-0.1, -0.05) is 0 Å². The second kappa shape index (κ2) is 10.3. The zero-order valence-corrected chi connectivity index (χ0v) is 20.7. The van der Waals surface area contributed by atoms with Gasteiger partial charge >= 0.3 is 6.03 Å². The molecule has 188 valence electrons. The summed E-state index contributed by atoms with van der Waals surface area (Å²) < 4.78 is 5.49. The number of nitrogens with zero attached hydrogens (tertiary/aromatic N) is 5. The third-order valence-electron chi connectivity index (χ3n) is 7.79. The molecule has 2 aromatic carbocycles. The molecule has 4 heterocycles. The fourth-order valence-corrected chi connectivity index (χ4v) is 5.70. The molecule has 3 aliphatic rings. The van der Waals surface area contributed by atoms with Crippen LogP contribution in [-0.2, 0) is 4.74 Å². The van der Waals surface area contributed by atoms with Crippen molar-refractivity contribution >= 4 is 34.0 Å². The molecule has 0 bridgehead atoms. The summed E-state index contributed by atoms with van der Waals surface area (Å²) in [6.45, 7) is 7.04. The molecule has 3 aliphatic heterocycles. The quantitative estimate of drug-likeness (QED) is 0.586. The van der Waals surface area contributed by atoms with Gasteiger partial charge in [0, 0.05) is 67.6 Å². The number of ether oxygens (including phenoxy) is 1. The second-order valence-corrected chi connectivity index (χ2v) is 9.99. The molecule has 3 fully saturated rings. The number of aromatic nitrogens is 2. The van der Waals surface area contributed by atoms with Crippen molar-refractivity contribution < 1.29 is 9.53 Å². The molecule has 0 unspecified atom stereocenters. The van der Waals surface area contributed by atoms with Gasteiger partial charge in [-0.05, 0) is 68.1 Å². The molecule has 8 heteroatoms. The zero-order chi connectivity index (χ0) is 24.3. The van der Waals surface area contributed by atoms with Crippen LogP contribution in [0.3, 0.4) is 0 Å². The molecule has 2 amide bonds. The molecule has 0 saturated carbocycles. The van der Waals surface area contributed by atoms with E-state index in [2.05, 4.69) is 55.4 Å². The van der Waals surface area contributed by atoms with E-state index >= 15 is 0 Å². The van der Waals surface area contributed by atoms with E-state index in [0.29, 0.717) is 5.92 Å². The van der Waals surface area contributed by atoms with E-state index in [9.17, 15) is 4.79 Å². The number of likely N-dealkylation sites (tertiary alicyclic amines) is 1. The number of hydrogen-bond acceptors (Lipinski definition) is 6. The number of carbonyl (C=O) groups excluding carboxylic acids is 1. The highest BCUT2D eigenvalue weighted by atomic mass is 16.5. The maximum absolute atomic E-state index is 12.9. The second-order valence-electron chi connectivity index (χ2n) is 9.99. The van der Waals surface area contributed by atoms with Gasteiger partial charge in [-0.15, -0.1) is 0 Å². The van der Waals surface area contributed by atoms with Crippen molar-refractivity contribution in [2.75, 3.05) is 67.6 Å². The Bertz CT molecular complexity index is 1200. The summed E-state index contributed by atoms with van der Waals surface area (Å²) in [5, 5.41) is 4.20. The van der Waals surface area contributed by atoms with E-state index in [-0.39, 0.29) is 6.03 Å². The Hall–Kier alpha value is -3.39. The van der Waals surface area contributed by atoms with E-state index in [4.69, 9.17) is 4.74 Å². The fraction of sp³-hybridized carbons (Fsp3) is 0.464. The van der Waals surface area contributed by atoms with Crippen LogP contribution in [0.2, 0.25) is 0 Å². The molecule has 0 aliphatic carbocycles. The van der Waals surface area contributed by atoms with E-state index in [1.807, 2.05) is 17.0 Å². The molecular formula is C28H34N6O2. The van der Waals surface area contributed by atoms with Gasteiger partial charge in [-0.2, -0.15) is 0 Å². The third-order valence-corrected chi connectivity index (χ3v) is 7.79. The first-order chi connectivity index (χ1) is 17.7. The van der Waals surface area contributed by atoms with Crippen molar-refractivity contribution in [2.24, 2.45) is 0 Å². The minimum Gasteiger partial charge on any atom is -0.378 e. The number of carbonyl (C=O) groups is 1. The first-order valence-corrected chi connectivity index (χ1v) is 13.2. The van der Waals surface area contributed by atoms with Crippen molar-refractivity contribution in [3.63, 3.8) is 0 Å². The van der Waals surface area contributed by atoms with Crippen molar-refractivity contribution in [1.82, 2.24) is 14.9 Å². The Morgan fingerprint density at radius 3 is 2.28 bits per heavy atom. The van der Waals surface area contributed by atoms with Crippen LogP contribution in [0.1, 0.15) is 37.3 Å². The lowest BCUT2D eigenvalue weighted by molar-refractivity contribution is 0.122. The monoisotopic (exact) mass is 486 g/mol. The predicted octanol–water partition coefficient (Wildman–Crippen LogP) is 4.48. The number of urea groups is 1. The van der Waals surface area contributed by atoms with Crippen LogP contribution in [0.15, 0.2) is 48.8 Å². The maximum atomic E-state index is 12.9. The number of nitrogens with one attached hydrogen (secondary N) is 1. The number of hydrogen-bond donors (Lipinski definition) is 1. The van der Waals surface area contributed by atoms with E-state index in [0.717, 1.165) is 87.6 Å². The van der Waals surface area contributed by atoms with Crippen LogP contribution in [-0.4, -0.2) is 73.4 Å². The zero-order valence-electron chi connectivity index (χ0n) is 20.7. The van der Waals surface area contributed by atoms with Gasteiger partial charge in [0.05, 0.1) is 24.4 Å². The van der Waals surface area contributed by atoms with E-state index in [1.54, 1.807) is 6.33 Å². The molecule has 1 aromatic heterocycles. The highest BCUT2D eigenvalue weighted by molar-refractivity contribution is 5.89. The largest absolute Gasteiger partial charge is 0.378 e. The number of fused-ring (bicyclic) bond motifs is 1. The van der Waals surface area contributed by atoms with Crippen molar-refractivity contribution in [2.45, 2.75) is 31.6 Å². The van der Waals surface area contributed by atoms with Crippen LogP contribution in [0, 0.1) is 0 Å². The van der Waals surface area contributed by atoms with E-state index < -0.39 is 0 Å². The van der Waals surface area contributed by atoms with Crippen molar-refractivity contribution in [1.29, 1.82) is 0 Å². The van der Waals surface area contributed by atoms with Crippen LogP contribution in [0.5, 0.6) is 0 Å². The molecule has 0 radical (unpaired) electrons. The van der Waals surface area contributed by atoms with E-state index in [1.165, 1.54) is 24.2 Å². The Morgan fingerprint density at radius 2 is 1.53 bits per heavy atom. The Labute approximate surface area is 212 Å². The average Bonchev–Trinajstić information content (AvgIpc) is 3.49. The van der Waals surface area contributed by atoms with Gasteiger partial charge < -0.3 is 24.8 Å². The number of rotatable bonds is 4. The standard InChI is InChI=1S/C28H34N6O2/c35-28(31-22-3-5-23(6-4-22)32-11-1-2-12-32)34-13-9-21(10-14-34)27-25-8-7-24(19-26(25)29-20-30-27)33-15-17-36-18-16-33/h3-8,19-21H,1-2,9-18H2,(H,31,35). The summed E-state index contributed by atoms with van der Waals surface area (Å²) >= 11 is 0. The lowest BCUT2D eigenvalue weighted by atomic mass is 9.91. The average molecular weight is 487 g/mol. The Balaban J connectivity index is 1.08. The van der Waals surface area contributed by atoms with Gasteiger partial charge in [-0.25, -0.2) is 14.8 Å². The van der Waals surface area contributed by atoms with Crippen molar-refractivity contribution in [3.8, 4) is 0 Å². The summed E-state index contributed by atoms with van der Waals surface area (Å²) in [6, 6.07) is 14.7. The van der Waals surface area contributed by atoms with Gasteiger partial charge in [0.25, 0.3) is 0 Å². The SMILES string of the molecule is O=C(Nc1ccc(N2CCCC2)cc1)N1CCC(c2ncnc3cc(N4CCOCC4)ccc23)CC1. The van der Waals surface area contributed by atoms with Gasteiger partial charge in [0.15, 0.2) is 0 Å². The highest BCUT2D eigenvalue weighted by Gasteiger charge is 2.26. The summed E-state index contributed by atoms with van der Waals surface area (Å²) in [6.07, 6.45) is 6.01. The first-order valence-electron chi connectivity index (χ1n) is 13.2. The molecule has 6 rings (SSSR count). The molecule has 1 N–H and O–H groups in total. The minimum atomic E-state index is -0.0231.